The summed E-state index contributed by atoms with van der Waals surface area (Å²) in [5, 5.41) is 0. The van der Waals surface area contributed by atoms with Crippen molar-refractivity contribution in [2.75, 3.05) is 6.54 Å². The predicted octanol–water partition coefficient (Wildman–Crippen LogP) is 2.79. The van der Waals surface area contributed by atoms with Crippen LogP contribution in [0.15, 0.2) is 66.7 Å². The second kappa shape index (κ2) is 6.88. The van der Waals surface area contributed by atoms with Gasteiger partial charge in [-0.25, -0.2) is 0 Å². The predicted molar refractivity (Wildman–Crippen MR) is 81.6 cm³/mol. The van der Waals surface area contributed by atoms with Crippen molar-refractivity contribution in [1.29, 1.82) is 0 Å². The first kappa shape index (κ1) is 13.5. The Morgan fingerprint density at radius 3 is 1.79 bits per heavy atom. The third-order valence-electron chi connectivity index (χ3n) is 3.10. The maximum atomic E-state index is 5.91. The van der Waals surface area contributed by atoms with E-state index in [1.807, 2.05) is 12.1 Å². The number of hydrogen-bond donors (Lipinski definition) is 2. The van der Waals surface area contributed by atoms with Crippen LogP contribution < -0.4 is 11.5 Å². The van der Waals surface area contributed by atoms with E-state index in [0.717, 1.165) is 6.42 Å². The summed E-state index contributed by atoms with van der Waals surface area (Å²) in [5.41, 5.74) is 15.1. The van der Waals surface area contributed by atoms with E-state index in [0.29, 0.717) is 6.54 Å². The summed E-state index contributed by atoms with van der Waals surface area (Å²) in [4.78, 5) is 0. The average Bonchev–Trinajstić information content (AvgIpc) is 2.49. The van der Waals surface area contributed by atoms with E-state index in [9.17, 15) is 0 Å². The Hall–Kier alpha value is -1.90. The van der Waals surface area contributed by atoms with Crippen LogP contribution in [0, 0.1) is 0 Å². The van der Waals surface area contributed by atoms with Gasteiger partial charge in [0.2, 0.25) is 0 Å². The lowest BCUT2D eigenvalue weighted by molar-refractivity contribution is 0.694. The first-order chi connectivity index (χ1) is 9.31. The fraction of sp³-hybridized carbons (Fsp3) is 0.176. The fourth-order valence-electron chi connectivity index (χ4n) is 2.00. The molecule has 0 amide bonds. The van der Waals surface area contributed by atoms with Gasteiger partial charge in [-0.3, -0.25) is 0 Å². The molecule has 0 aliphatic heterocycles. The van der Waals surface area contributed by atoms with Crippen LogP contribution >= 0.6 is 0 Å². The van der Waals surface area contributed by atoms with E-state index >= 15 is 0 Å². The summed E-state index contributed by atoms with van der Waals surface area (Å²) < 4.78 is 0. The van der Waals surface area contributed by atoms with Crippen molar-refractivity contribution in [1.82, 2.24) is 0 Å². The molecule has 0 saturated heterocycles. The zero-order valence-electron chi connectivity index (χ0n) is 11.0. The van der Waals surface area contributed by atoms with Gasteiger partial charge < -0.3 is 11.5 Å². The van der Waals surface area contributed by atoms with Gasteiger partial charge in [0.05, 0.1) is 0 Å². The third kappa shape index (κ3) is 3.78. The Morgan fingerprint density at radius 2 is 1.37 bits per heavy atom. The first-order valence-electron chi connectivity index (χ1n) is 6.58. The maximum absolute atomic E-state index is 5.91. The van der Waals surface area contributed by atoms with Crippen LogP contribution in [0.2, 0.25) is 0 Å². The second-order valence-corrected chi connectivity index (χ2v) is 4.58. The fourth-order valence-corrected chi connectivity index (χ4v) is 2.00. The van der Waals surface area contributed by atoms with Gasteiger partial charge in [0.15, 0.2) is 0 Å². The number of benzene rings is 2. The van der Waals surface area contributed by atoms with Crippen molar-refractivity contribution in [3.63, 3.8) is 0 Å². The summed E-state index contributed by atoms with van der Waals surface area (Å²) in [6.45, 7) is 0.507. The van der Waals surface area contributed by atoms with Crippen LogP contribution in [0.5, 0.6) is 0 Å². The molecule has 0 bridgehead atoms. The van der Waals surface area contributed by atoms with Gasteiger partial charge in [-0.15, -0.1) is 0 Å². The van der Waals surface area contributed by atoms with E-state index < -0.39 is 0 Å². The molecule has 0 radical (unpaired) electrons. The van der Waals surface area contributed by atoms with Gasteiger partial charge in [-0.2, -0.15) is 0 Å². The van der Waals surface area contributed by atoms with Gasteiger partial charge in [0.25, 0.3) is 0 Å². The van der Waals surface area contributed by atoms with Gasteiger partial charge in [0, 0.05) is 12.6 Å². The monoisotopic (exact) mass is 252 g/mol. The smallest absolute Gasteiger partial charge is 0.0198 e. The van der Waals surface area contributed by atoms with Gasteiger partial charge in [-0.1, -0.05) is 66.7 Å². The molecule has 2 heteroatoms. The quantitative estimate of drug-likeness (QED) is 0.859. The highest BCUT2D eigenvalue weighted by Crippen LogP contribution is 2.23. The topological polar surface area (TPSA) is 52.0 Å². The minimum absolute atomic E-state index is 0.0161. The van der Waals surface area contributed by atoms with E-state index in [1.54, 1.807) is 0 Å². The lowest BCUT2D eigenvalue weighted by Gasteiger charge is -2.11. The Kier molecular flexibility index (Phi) is 4.90. The highest BCUT2D eigenvalue weighted by Gasteiger charge is 2.05. The molecule has 19 heavy (non-hydrogen) atoms. The molecule has 2 aromatic carbocycles. The third-order valence-corrected chi connectivity index (χ3v) is 3.10. The molecule has 98 valence electrons. The van der Waals surface area contributed by atoms with Gasteiger partial charge in [0.1, 0.15) is 0 Å². The lowest BCUT2D eigenvalue weighted by atomic mass is 9.96. The average molecular weight is 252 g/mol. The maximum Gasteiger partial charge on any atom is 0.0198 e. The number of hydrogen-bond acceptors (Lipinski definition) is 2. The molecule has 0 heterocycles. The summed E-state index contributed by atoms with van der Waals surface area (Å²) in [7, 11) is 0. The van der Waals surface area contributed by atoms with Crippen LogP contribution in [-0.4, -0.2) is 12.6 Å². The normalized spacial score (nSPS) is 11.9. The summed E-state index contributed by atoms with van der Waals surface area (Å²) in [6, 6.07) is 20.7. The van der Waals surface area contributed by atoms with Crippen molar-refractivity contribution >= 4 is 5.57 Å². The largest absolute Gasteiger partial charge is 0.329 e. The Bertz CT molecular complexity index is 476. The van der Waals surface area contributed by atoms with E-state index in [1.165, 1.54) is 16.7 Å². The molecular formula is C17H20N2. The molecule has 0 saturated carbocycles. The molecule has 0 fully saturated rings. The molecule has 0 aliphatic rings. The van der Waals surface area contributed by atoms with Crippen LogP contribution in [0.3, 0.4) is 0 Å². The summed E-state index contributed by atoms with van der Waals surface area (Å²) >= 11 is 0. The highest BCUT2D eigenvalue weighted by atomic mass is 14.7. The molecule has 1 atom stereocenters. The number of rotatable bonds is 5. The molecule has 2 rings (SSSR count). The van der Waals surface area contributed by atoms with E-state index in [-0.39, 0.29) is 6.04 Å². The summed E-state index contributed by atoms with van der Waals surface area (Å²) in [6.07, 6.45) is 2.97. The van der Waals surface area contributed by atoms with Crippen LogP contribution in [-0.2, 0) is 0 Å². The molecule has 2 nitrogen and oxygen atoms in total. The van der Waals surface area contributed by atoms with E-state index in [2.05, 4.69) is 54.6 Å². The van der Waals surface area contributed by atoms with Gasteiger partial charge >= 0.3 is 0 Å². The molecule has 4 N–H and O–H groups in total. The zero-order valence-corrected chi connectivity index (χ0v) is 11.0. The lowest BCUT2D eigenvalue weighted by Crippen LogP contribution is -2.28. The molecule has 0 aromatic heterocycles. The zero-order chi connectivity index (χ0) is 13.5. The van der Waals surface area contributed by atoms with Crippen molar-refractivity contribution in [2.45, 2.75) is 12.5 Å². The number of nitrogens with two attached hydrogens (primary N) is 2. The molecular weight excluding hydrogens is 232 g/mol. The van der Waals surface area contributed by atoms with Gasteiger partial charge in [-0.05, 0) is 23.1 Å². The molecule has 0 spiro atoms. The van der Waals surface area contributed by atoms with Crippen LogP contribution in [0.4, 0.5) is 0 Å². The van der Waals surface area contributed by atoms with Crippen LogP contribution in [0.25, 0.3) is 5.57 Å². The minimum Gasteiger partial charge on any atom is -0.329 e. The first-order valence-corrected chi connectivity index (χ1v) is 6.58. The van der Waals surface area contributed by atoms with E-state index in [4.69, 9.17) is 11.5 Å². The molecule has 1 unspecified atom stereocenters. The Morgan fingerprint density at radius 1 is 0.895 bits per heavy atom. The Labute approximate surface area is 114 Å². The van der Waals surface area contributed by atoms with Crippen molar-refractivity contribution in [3.8, 4) is 0 Å². The minimum atomic E-state index is 0.0161. The standard InChI is InChI=1S/C17H20N2/c18-13-16(19)11-12-17(14-7-3-1-4-8-14)15-9-5-2-6-10-15/h1-10,12,16H,11,13,18-19H2. The van der Waals surface area contributed by atoms with Crippen molar-refractivity contribution < 1.29 is 0 Å². The van der Waals surface area contributed by atoms with Crippen molar-refractivity contribution in [2.24, 2.45) is 11.5 Å². The van der Waals surface area contributed by atoms with Crippen LogP contribution in [0.1, 0.15) is 17.5 Å². The summed E-state index contributed by atoms with van der Waals surface area (Å²) in [5.74, 6) is 0. The SMILES string of the molecule is NCC(N)CC=C(c1ccccc1)c1ccccc1. The second-order valence-electron chi connectivity index (χ2n) is 4.58. The van der Waals surface area contributed by atoms with Crippen molar-refractivity contribution in [3.05, 3.63) is 77.9 Å². The Balaban J connectivity index is 2.34. The highest BCUT2D eigenvalue weighted by molar-refractivity contribution is 5.79. The molecule has 2 aromatic rings. The molecule has 0 aliphatic carbocycles.